The van der Waals surface area contributed by atoms with E-state index in [0.29, 0.717) is 0 Å². The summed E-state index contributed by atoms with van der Waals surface area (Å²) in [5.41, 5.74) is 3.96. The zero-order valence-corrected chi connectivity index (χ0v) is 17.1. The molecule has 4 atom stereocenters. The Balaban J connectivity index is 0.00000104. The second kappa shape index (κ2) is 8.75. The first-order valence-electron chi connectivity index (χ1n) is 9.83. The third kappa shape index (κ3) is 3.82. The van der Waals surface area contributed by atoms with Gasteiger partial charge in [0, 0.05) is 26.2 Å². The Morgan fingerprint density at radius 1 is 0.833 bits per heavy atom. The summed E-state index contributed by atoms with van der Waals surface area (Å²) in [5.74, 6) is 3.97. The average molecular weight is 375 g/mol. The molecule has 0 N–H and O–H groups in total. The van der Waals surface area contributed by atoms with E-state index in [1.54, 1.807) is 0 Å². The molecule has 24 heavy (non-hydrogen) atoms. The Morgan fingerprint density at radius 2 is 1.33 bits per heavy atom. The number of halogens is 2. The number of hydrogen-bond acceptors (Lipinski definition) is 2. The monoisotopic (exact) mass is 374 g/mol. The van der Waals surface area contributed by atoms with Crippen molar-refractivity contribution in [3.63, 3.8) is 0 Å². The van der Waals surface area contributed by atoms with Crippen molar-refractivity contribution in [1.82, 2.24) is 9.80 Å². The normalized spacial score (nSPS) is 35.6. The third-order valence-corrected chi connectivity index (χ3v) is 7.12. The van der Waals surface area contributed by atoms with E-state index < -0.39 is 0 Å². The van der Waals surface area contributed by atoms with E-state index in [9.17, 15) is 0 Å². The van der Waals surface area contributed by atoms with Gasteiger partial charge in [-0.25, -0.2) is 0 Å². The van der Waals surface area contributed by atoms with Crippen molar-refractivity contribution in [3.05, 3.63) is 11.1 Å². The lowest BCUT2D eigenvalue weighted by molar-refractivity contribution is 0.174. The van der Waals surface area contributed by atoms with Crippen LogP contribution >= 0.6 is 24.8 Å². The maximum atomic E-state index is 2.80. The summed E-state index contributed by atoms with van der Waals surface area (Å²) in [4.78, 5) is 5.15. The van der Waals surface area contributed by atoms with E-state index >= 15 is 0 Å². The first kappa shape index (κ1) is 20.6. The topological polar surface area (TPSA) is 6.48 Å². The zero-order valence-electron chi connectivity index (χ0n) is 15.5. The molecule has 1 heterocycles. The third-order valence-electron chi connectivity index (χ3n) is 7.12. The van der Waals surface area contributed by atoms with Crippen molar-refractivity contribution < 1.29 is 0 Å². The molecule has 0 aromatic heterocycles. The molecule has 0 spiro atoms. The highest BCUT2D eigenvalue weighted by Crippen LogP contribution is 2.54. The average Bonchev–Trinajstić information content (AvgIpc) is 2.98. The molecule has 2 saturated carbocycles. The van der Waals surface area contributed by atoms with Crippen molar-refractivity contribution in [2.45, 2.75) is 51.4 Å². The van der Waals surface area contributed by atoms with Crippen LogP contribution in [0.3, 0.4) is 0 Å². The highest BCUT2D eigenvalue weighted by molar-refractivity contribution is 5.85. The van der Waals surface area contributed by atoms with Gasteiger partial charge in [-0.15, -0.1) is 24.8 Å². The predicted molar refractivity (Wildman–Crippen MR) is 107 cm³/mol. The van der Waals surface area contributed by atoms with Crippen LogP contribution in [0.5, 0.6) is 0 Å². The SMILES string of the molecule is CN(C)CCN1CC2C3CCCCC3=C3CCCCC3C2C1.Cl.Cl. The summed E-state index contributed by atoms with van der Waals surface area (Å²) < 4.78 is 0. The van der Waals surface area contributed by atoms with Gasteiger partial charge in [-0.1, -0.05) is 24.0 Å². The molecule has 0 aromatic rings. The molecule has 4 aliphatic rings. The maximum Gasteiger partial charge on any atom is 0.0109 e. The van der Waals surface area contributed by atoms with Gasteiger partial charge in [0.1, 0.15) is 0 Å². The van der Waals surface area contributed by atoms with Crippen LogP contribution < -0.4 is 0 Å². The fraction of sp³-hybridized carbons (Fsp3) is 0.900. The van der Waals surface area contributed by atoms with Crippen molar-refractivity contribution in [2.75, 3.05) is 40.3 Å². The minimum absolute atomic E-state index is 0. The van der Waals surface area contributed by atoms with Gasteiger partial charge >= 0.3 is 0 Å². The summed E-state index contributed by atoms with van der Waals surface area (Å²) in [6.07, 6.45) is 11.9. The number of rotatable bonds is 3. The van der Waals surface area contributed by atoms with Crippen molar-refractivity contribution in [3.8, 4) is 0 Å². The fourth-order valence-corrected chi connectivity index (χ4v) is 6.14. The Kier molecular flexibility index (Phi) is 7.49. The summed E-state index contributed by atoms with van der Waals surface area (Å²) >= 11 is 0. The number of hydrogen-bond donors (Lipinski definition) is 0. The molecular weight excluding hydrogens is 339 g/mol. The van der Waals surface area contributed by atoms with E-state index in [0.717, 1.165) is 23.7 Å². The zero-order chi connectivity index (χ0) is 15.1. The second-order valence-electron chi connectivity index (χ2n) is 8.65. The van der Waals surface area contributed by atoms with Gasteiger partial charge in [0.2, 0.25) is 0 Å². The summed E-state index contributed by atoms with van der Waals surface area (Å²) in [7, 11) is 4.42. The molecule has 3 aliphatic carbocycles. The molecule has 4 unspecified atom stereocenters. The minimum Gasteiger partial charge on any atom is -0.308 e. The number of nitrogens with zero attached hydrogens (tertiary/aromatic N) is 2. The lowest BCUT2D eigenvalue weighted by Gasteiger charge is -2.46. The van der Waals surface area contributed by atoms with E-state index in [1.807, 2.05) is 11.1 Å². The lowest BCUT2D eigenvalue weighted by Crippen LogP contribution is -2.38. The summed E-state index contributed by atoms with van der Waals surface area (Å²) in [6.45, 7) is 5.30. The van der Waals surface area contributed by atoms with Gasteiger partial charge in [0.25, 0.3) is 0 Å². The number of likely N-dealkylation sites (N-methyl/N-ethyl adjacent to an activating group) is 1. The van der Waals surface area contributed by atoms with Crippen LogP contribution in [-0.2, 0) is 0 Å². The maximum absolute atomic E-state index is 2.80. The van der Waals surface area contributed by atoms with E-state index in [4.69, 9.17) is 0 Å². The molecule has 0 aromatic carbocycles. The standard InChI is InChI=1S/C20H34N2.2ClH/c1-21(2)11-12-22-13-19-17-9-5-3-7-15(17)16-8-4-6-10-18(16)20(19)14-22;;/h17-20H,3-14H2,1-2H3;2*1H. The smallest absolute Gasteiger partial charge is 0.0109 e. The molecule has 0 radical (unpaired) electrons. The van der Waals surface area contributed by atoms with Crippen molar-refractivity contribution >= 4 is 24.8 Å². The van der Waals surface area contributed by atoms with Crippen molar-refractivity contribution in [1.29, 1.82) is 0 Å². The second-order valence-corrected chi connectivity index (χ2v) is 8.65. The van der Waals surface area contributed by atoms with Crippen LogP contribution in [0.4, 0.5) is 0 Å². The Bertz CT molecular complexity index is 415. The van der Waals surface area contributed by atoms with Gasteiger partial charge in [-0.2, -0.15) is 0 Å². The lowest BCUT2D eigenvalue weighted by atomic mass is 9.58. The largest absolute Gasteiger partial charge is 0.308 e. The first-order valence-corrected chi connectivity index (χ1v) is 9.83. The van der Waals surface area contributed by atoms with Crippen LogP contribution in [0.1, 0.15) is 51.4 Å². The van der Waals surface area contributed by atoms with E-state index in [-0.39, 0.29) is 24.8 Å². The highest BCUT2D eigenvalue weighted by atomic mass is 35.5. The molecule has 4 rings (SSSR count). The molecule has 0 amide bonds. The van der Waals surface area contributed by atoms with Crippen molar-refractivity contribution in [2.24, 2.45) is 23.7 Å². The minimum atomic E-state index is 0. The quantitative estimate of drug-likeness (QED) is 0.664. The summed E-state index contributed by atoms with van der Waals surface area (Å²) in [6, 6.07) is 0. The van der Waals surface area contributed by atoms with Crippen LogP contribution in [0.25, 0.3) is 0 Å². The first-order chi connectivity index (χ1) is 10.7. The Labute approximate surface area is 161 Å². The fourth-order valence-electron chi connectivity index (χ4n) is 6.14. The number of allylic oxidation sites excluding steroid dienone is 2. The molecule has 3 fully saturated rings. The van der Waals surface area contributed by atoms with Crippen LogP contribution in [0.2, 0.25) is 0 Å². The molecule has 1 saturated heterocycles. The molecule has 0 bridgehead atoms. The van der Waals surface area contributed by atoms with E-state index in [1.165, 1.54) is 77.5 Å². The van der Waals surface area contributed by atoms with Gasteiger partial charge in [-0.05, 0) is 76.3 Å². The van der Waals surface area contributed by atoms with Gasteiger partial charge < -0.3 is 9.80 Å². The van der Waals surface area contributed by atoms with E-state index in [2.05, 4.69) is 23.9 Å². The van der Waals surface area contributed by atoms with Crippen LogP contribution in [0.15, 0.2) is 11.1 Å². The molecular formula is C20H36Cl2N2. The number of fused-ring (bicyclic) bond motifs is 5. The molecule has 1 aliphatic heterocycles. The highest BCUT2D eigenvalue weighted by Gasteiger charge is 2.48. The van der Waals surface area contributed by atoms with Crippen LogP contribution in [0, 0.1) is 23.7 Å². The Hall–Kier alpha value is 0.240. The van der Waals surface area contributed by atoms with Crippen LogP contribution in [-0.4, -0.2) is 50.1 Å². The predicted octanol–water partition coefficient (Wildman–Crippen LogP) is 4.63. The van der Waals surface area contributed by atoms with Gasteiger partial charge in [-0.3, -0.25) is 0 Å². The number of likely N-dealkylation sites (tertiary alicyclic amines) is 1. The molecule has 140 valence electrons. The molecule has 2 nitrogen and oxygen atoms in total. The Morgan fingerprint density at radius 3 is 1.79 bits per heavy atom. The summed E-state index contributed by atoms with van der Waals surface area (Å²) in [5, 5.41) is 0. The van der Waals surface area contributed by atoms with Gasteiger partial charge in [0.05, 0.1) is 0 Å². The molecule has 4 heteroatoms. The van der Waals surface area contributed by atoms with Gasteiger partial charge in [0.15, 0.2) is 0 Å².